The summed E-state index contributed by atoms with van der Waals surface area (Å²) >= 11 is 1.89. The summed E-state index contributed by atoms with van der Waals surface area (Å²) in [6.07, 6.45) is 0. The van der Waals surface area contributed by atoms with Gasteiger partial charge in [0.15, 0.2) is 0 Å². The van der Waals surface area contributed by atoms with Gasteiger partial charge in [-0.1, -0.05) is 0 Å². The molecule has 0 amide bonds. The minimum absolute atomic E-state index is 0.161. The van der Waals surface area contributed by atoms with Crippen molar-refractivity contribution in [2.24, 2.45) is 0 Å². The number of carbonyl (C=O) groups is 1. The molecule has 0 aromatic carbocycles. The van der Waals surface area contributed by atoms with Crippen LogP contribution in [0.4, 0.5) is 0 Å². The van der Waals surface area contributed by atoms with Gasteiger partial charge in [0.2, 0.25) is 0 Å². The highest BCUT2D eigenvalue weighted by Crippen LogP contribution is 2.17. The fourth-order valence-corrected chi connectivity index (χ4v) is 1.59. The standard InChI is InChI=1S/C7H13NO2S/c1-5(7(9)10-2)8-6-3-11-4-6/h5-6,8H,3-4H2,1-2H3/t5-/m1/s1. The highest BCUT2D eigenvalue weighted by Gasteiger charge is 2.22. The Bertz CT molecular complexity index is 147. The molecule has 0 aromatic heterocycles. The second-order valence-corrected chi connectivity index (χ2v) is 3.72. The van der Waals surface area contributed by atoms with E-state index in [0.717, 1.165) is 11.5 Å². The van der Waals surface area contributed by atoms with Crippen LogP contribution in [0.2, 0.25) is 0 Å². The van der Waals surface area contributed by atoms with Crippen molar-refractivity contribution in [1.82, 2.24) is 5.32 Å². The maximum atomic E-state index is 10.9. The van der Waals surface area contributed by atoms with Crippen LogP contribution in [0.1, 0.15) is 6.92 Å². The second kappa shape index (κ2) is 3.97. The summed E-state index contributed by atoms with van der Waals surface area (Å²) in [6.45, 7) is 1.83. The summed E-state index contributed by atoms with van der Waals surface area (Å²) in [7, 11) is 1.41. The van der Waals surface area contributed by atoms with Crippen molar-refractivity contribution in [1.29, 1.82) is 0 Å². The zero-order chi connectivity index (χ0) is 8.27. The molecule has 1 atom stereocenters. The van der Waals surface area contributed by atoms with Gasteiger partial charge in [0.25, 0.3) is 0 Å². The number of hydrogen-bond acceptors (Lipinski definition) is 4. The first-order valence-corrected chi connectivity index (χ1v) is 4.81. The molecule has 1 rings (SSSR count). The van der Waals surface area contributed by atoms with Crippen LogP contribution in [0.3, 0.4) is 0 Å². The third kappa shape index (κ3) is 2.38. The number of methoxy groups -OCH3 is 1. The van der Waals surface area contributed by atoms with Gasteiger partial charge in [-0.15, -0.1) is 0 Å². The van der Waals surface area contributed by atoms with Gasteiger partial charge in [0, 0.05) is 17.5 Å². The van der Waals surface area contributed by atoms with E-state index in [2.05, 4.69) is 10.1 Å². The summed E-state index contributed by atoms with van der Waals surface area (Å²) in [5.41, 5.74) is 0. The molecule has 0 aliphatic carbocycles. The summed E-state index contributed by atoms with van der Waals surface area (Å²) in [5, 5.41) is 3.17. The van der Waals surface area contributed by atoms with Crippen LogP contribution in [0.5, 0.6) is 0 Å². The number of nitrogens with one attached hydrogen (secondary N) is 1. The van der Waals surface area contributed by atoms with Crippen LogP contribution in [0.25, 0.3) is 0 Å². The molecule has 0 radical (unpaired) electrons. The number of esters is 1. The molecule has 0 bridgehead atoms. The average Bonchev–Trinajstić information content (AvgIpc) is 1.94. The lowest BCUT2D eigenvalue weighted by atomic mass is 10.3. The zero-order valence-electron chi connectivity index (χ0n) is 6.79. The molecule has 0 aromatic rings. The lowest BCUT2D eigenvalue weighted by molar-refractivity contribution is -0.142. The van der Waals surface area contributed by atoms with E-state index in [4.69, 9.17) is 0 Å². The van der Waals surface area contributed by atoms with Crippen LogP contribution in [-0.2, 0) is 9.53 Å². The first-order chi connectivity index (χ1) is 5.24. The Labute approximate surface area is 70.9 Å². The topological polar surface area (TPSA) is 38.3 Å². The first kappa shape index (κ1) is 8.87. The van der Waals surface area contributed by atoms with Gasteiger partial charge in [-0.3, -0.25) is 4.79 Å². The number of rotatable bonds is 3. The number of thioether (sulfide) groups is 1. The first-order valence-electron chi connectivity index (χ1n) is 3.65. The van der Waals surface area contributed by atoms with Crippen LogP contribution < -0.4 is 5.32 Å². The molecule has 11 heavy (non-hydrogen) atoms. The molecule has 64 valence electrons. The molecule has 0 unspecified atom stereocenters. The minimum atomic E-state index is -0.179. The highest BCUT2D eigenvalue weighted by molar-refractivity contribution is 8.00. The monoisotopic (exact) mass is 175 g/mol. The van der Waals surface area contributed by atoms with Gasteiger partial charge in [-0.2, -0.15) is 11.8 Å². The van der Waals surface area contributed by atoms with E-state index in [1.165, 1.54) is 7.11 Å². The fourth-order valence-electron chi connectivity index (χ4n) is 0.930. The van der Waals surface area contributed by atoms with E-state index in [0.29, 0.717) is 6.04 Å². The van der Waals surface area contributed by atoms with E-state index in [9.17, 15) is 4.79 Å². The summed E-state index contributed by atoms with van der Waals surface area (Å²) in [6, 6.07) is 0.347. The van der Waals surface area contributed by atoms with Crippen molar-refractivity contribution in [3.05, 3.63) is 0 Å². The van der Waals surface area contributed by atoms with E-state index in [1.807, 2.05) is 18.7 Å². The van der Waals surface area contributed by atoms with Gasteiger partial charge in [0.1, 0.15) is 6.04 Å². The zero-order valence-corrected chi connectivity index (χ0v) is 7.61. The van der Waals surface area contributed by atoms with Crippen molar-refractivity contribution in [3.63, 3.8) is 0 Å². The lowest BCUT2D eigenvalue weighted by Gasteiger charge is -2.28. The Morgan fingerprint density at radius 2 is 2.36 bits per heavy atom. The van der Waals surface area contributed by atoms with E-state index >= 15 is 0 Å². The van der Waals surface area contributed by atoms with Crippen molar-refractivity contribution in [2.45, 2.75) is 19.0 Å². The van der Waals surface area contributed by atoms with Gasteiger partial charge in [-0.25, -0.2) is 0 Å². The highest BCUT2D eigenvalue weighted by atomic mass is 32.2. The van der Waals surface area contributed by atoms with Crippen molar-refractivity contribution < 1.29 is 9.53 Å². The van der Waals surface area contributed by atoms with Crippen molar-refractivity contribution in [2.75, 3.05) is 18.6 Å². The fraction of sp³-hybridized carbons (Fsp3) is 0.857. The normalized spacial score (nSPS) is 20.5. The molecule has 1 aliphatic heterocycles. The molecule has 1 fully saturated rings. The maximum Gasteiger partial charge on any atom is 0.322 e. The average molecular weight is 175 g/mol. The summed E-state index contributed by atoms with van der Waals surface area (Å²) < 4.78 is 4.57. The molecule has 0 spiro atoms. The largest absolute Gasteiger partial charge is 0.468 e. The molecular weight excluding hydrogens is 162 g/mol. The molecule has 3 nitrogen and oxygen atoms in total. The number of hydrogen-bond donors (Lipinski definition) is 1. The van der Waals surface area contributed by atoms with Crippen LogP contribution in [0.15, 0.2) is 0 Å². The van der Waals surface area contributed by atoms with Crippen LogP contribution in [-0.4, -0.2) is 36.7 Å². The van der Waals surface area contributed by atoms with Crippen LogP contribution in [0, 0.1) is 0 Å². The Morgan fingerprint density at radius 1 is 1.73 bits per heavy atom. The van der Waals surface area contributed by atoms with E-state index in [1.54, 1.807) is 0 Å². The molecule has 0 saturated carbocycles. The van der Waals surface area contributed by atoms with Crippen LogP contribution >= 0.6 is 11.8 Å². The van der Waals surface area contributed by atoms with Gasteiger partial charge >= 0.3 is 5.97 Å². The van der Waals surface area contributed by atoms with Gasteiger partial charge < -0.3 is 10.1 Å². The Morgan fingerprint density at radius 3 is 2.73 bits per heavy atom. The molecule has 1 N–H and O–H groups in total. The summed E-state index contributed by atoms with van der Waals surface area (Å²) in [5.74, 6) is 2.05. The predicted molar refractivity (Wildman–Crippen MR) is 45.7 cm³/mol. The van der Waals surface area contributed by atoms with E-state index < -0.39 is 0 Å². The number of ether oxygens (including phenoxy) is 1. The molecule has 1 heterocycles. The second-order valence-electron chi connectivity index (χ2n) is 2.65. The summed E-state index contributed by atoms with van der Waals surface area (Å²) in [4.78, 5) is 10.9. The quantitative estimate of drug-likeness (QED) is 0.624. The van der Waals surface area contributed by atoms with Gasteiger partial charge in [0.05, 0.1) is 7.11 Å². The SMILES string of the molecule is COC(=O)[C@@H](C)NC1CSC1. The Hall–Kier alpha value is -0.220. The molecular formula is C7H13NO2S. The maximum absolute atomic E-state index is 10.9. The third-order valence-corrected chi connectivity index (χ3v) is 2.95. The smallest absolute Gasteiger partial charge is 0.322 e. The molecule has 4 heteroatoms. The van der Waals surface area contributed by atoms with Gasteiger partial charge in [-0.05, 0) is 6.92 Å². The molecule has 1 saturated heterocycles. The van der Waals surface area contributed by atoms with E-state index in [-0.39, 0.29) is 12.0 Å². The Balaban J connectivity index is 2.18. The predicted octanol–water partition coefficient (Wildman–Crippen LogP) is 0.253. The number of carbonyl (C=O) groups excluding carboxylic acids is 1. The van der Waals surface area contributed by atoms with Crippen molar-refractivity contribution >= 4 is 17.7 Å². The lowest BCUT2D eigenvalue weighted by Crippen LogP contribution is -2.48. The van der Waals surface area contributed by atoms with Crippen molar-refractivity contribution in [3.8, 4) is 0 Å². The molecule has 1 aliphatic rings. The minimum Gasteiger partial charge on any atom is -0.468 e. The Kier molecular flexibility index (Phi) is 3.20. The third-order valence-electron chi connectivity index (χ3n) is 1.68.